The molecule has 1 unspecified atom stereocenters. The number of alkyl halides is 2. The number of hydrogen-bond acceptors (Lipinski definition) is 5. The van der Waals surface area contributed by atoms with Crippen molar-refractivity contribution in [2.75, 3.05) is 36.4 Å². The minimum atomic E-state index is -2.49. The highest BCUT2D eigenvalue weighted by Crippen LogP contribution is 2.32. The van der Waals surface area contributed by atoms with Crippen LogP contribution in [-0.4, -0.2) is 36.4 Å². The molecular weight excluding hydrogens is 384 g/mol. The summed E-state index contributed by atoms with van der Waals surface area (Å²) in [7, 11) is 0. The third kappa shape index (κ3) is 3.94. The normalized spacial score (nSPS) is 15.6. The topological polar surface area (TPSA) is 53.1 Å². The van der Waals surface area contributed by atoms with Gasteiger partial charge in [-0.25, -0.2) is 8.78 Å². The molecule has 158 valence electrons. The number of hydrogen-bond donors (Lipinski definition) is 2. The number of piperazine rings is 1. The molecule has 2 aromatic carbocycles. The lowest BCUT2D eigenvalue weighted by Crippen LogP contribution is -2.43. The second-order valence-electron chi connectivity index (χ2n) is 7.83. The second-order valence-corrected chi connectivity index (χ2v) is 7.83. The zero-order valence-corrected chi connectivity index (χ0v) is 17.5. The summed E-state index contributed by atoms with van der Waals surface area (Å²) >= 11 is 0. The predicted octanol–water partition coefficient (Wildman–Crippen LogP) is 4.77. The first kappa shape index (κ1) is 20.5. The molecule has 1 aliphatic heterocycles. The summed E-state index contributed by atoms with van der Waals surface area (Å²) in [6.45, 7) is 9.51. The lowest BCUT2D eigenvalue weighted by molar-refractivity contribution is 0.150. The summed E-state index contributed by atoms with van der Waals surface area (Å²) in [4.78, 5) is 2.36. The average molecular weight is 412 g/mol. The van der Waals surface area contributed by atoms with Gasteiger partial charge in [-0.15, -0.1) is 5.10 Å². The molecule has 0 amide bonds. The number of nitrogens with zero attached hydrogens (tertiary/aromatic N) is 3. The van der Waals surface area contributed by atoms with E-state index in [1.807, 2.05) is 19.9 Å². The molecule has 4 rings (SSSR count). The largest absolute Gasteiger partial charge is 0.369 e. The van der Waals surface area contributed by atoms with Gasteiger partial charge >= 0.3 is 0 Å². The van der Waals surface area contributed by atoms with Crippen molar-refractivity contribution >= 4 is 22.3 Å². The van der Waals surface area contributed by atoms with Crippen LogP contribution < -0.4 is 15.5 Å². The van der Waals surface area contributed by atoms with E-state index in [1.54, 1.807) is 13.0 Å². The number of halogens is 2. The summed E-state index contributed by atoms with van der Waals surface area (Å²) in [5.74, 6) is 0.668. The molecule has 0 bridgehead atoms. The highest BCUT2D eigenvalue weighted by Gasteiger charge is 2.18. The molecule has 2 N–H and O–H groups in total. The summed E-state index contributed by atoms with van der Waals surface area (Å²) in [6, 6.07) is 11.2. The van der Waals surface area contributed by atoms with Crippen LogP contribution in [0.4, 0.5) is 20.3 Å². The van der Waals surface area contributed by atoms with Crippen molar-refractivity contribution < 1.29 is 8.78 Å². The number of benzene rings is 2. The molecule has 1 aliphatic rings. The van der Waals surface area contributed by atoms with E-state index in [0.29, 0.717) is 11.4 Å². The van der Waals surface area contributed by atoms with Crippen LogP contribution in [0.25, 0.3) is 10.8 Å². The standard InChI is InChI=1S/C23H27F2N5/c1-14-18(5-4-6-19(14)22(24)25)15(2)27-23-21-13-17(30-11-9-26-10-12-30)7-8-20(21)16(3)28-29-23/h4-8,13,15,22,26H,9-12H2,1-3H3,(H,27,29). The van der Waals surface area contributed by atoms with E-state index in [1.165, 1.54) is 6.07 Å². The number of aromatic nitrogens is 2. The van der Waals surface area contributed by atoms with Crippen molar-refractivity contribution in [3.05, 3.63) is 58.8 Å². The number of aryl methyl sites for hydroxylation is 1. The van der Waals surface area contributed by atoms with E-state index in [-0.39, 0.29) is 11.6 Å². The fourth-order valence-electron chi connectivity index (χ4n) is 4.16. The summed E-state index contributed by atoms with van der Waals surface area (Å²) in [6.07, 6.45) is -2.49. The maximum atomic E-state index is 13.3. The molecule has 1 fully saturated rings. The van der Waals surface area contributed by atoms with Gasteiger partial charge in [0.05, 0.1) is 11.7 Å². The predicted molar refractivity (Wildman–Crippen MR) is 118 cm³/mol. The first-order valence-electron chi connectivity index (χ1n) is 10.3. The van der Waals surface area contributed by atoms with E-state index in [9.17, 15) is 8.78 Å². The quantitative estimate of drug-likeness (QED) is 0.634. The van der Waals surface area contributed by atoms with Crippen LogP contribution in [0.5, 0.6) is 0 Å². The van der Waals surface area contributed by atoms with Crippen molar-refractivity contribution in [1.29, 1.82) is 0 Å². The van der Waals surface area contributed by atoms with Gasteiger partial charge in [0.15, 0.2) is 5.82 Å². The first-order valence-corrected chi connectivity index (χ1v) is 10.3. The Kier molecular flexibility index (Phi) is 5.81. The van der Waals surface area contributed by atoms with Crippen molar-refractivity contribution in [3.63, 3.8) is 0 Å². The minimum absolute atomic E-state index is 0.0713. The van der Waals surface area contributed by atoms with Gasteiger partial charge in [0.2, 0.25) is 0 Å². The van der Waals surface area contributed by atoms with E-state index in [0.717, 1.165) is 53.9 Å². The molecule has 1 atom stereocenters. The molecule has 7 heteroatoms. The average Bonchev–Trinajstić information content (AvgIpc) is 2.76. The minimum Gasteiger partial charge on any atom is -0.369 e. The van der Waals surface area contributed by atoms with Crippen LogP contribution >= 0.6 is 0 Å². The number of fused-ring (bicyclic) bond motifs is 1. The third-order valence-corrected chi connectivity index (χ3v) is 5.90. The van der Waals surface area contributed by atoms with Crippen molar-refractivity contribution in [1.82, 2.24) is 15.5 Å². The zero-order valence-electron chi connectivity index (χ0n) is 17.5. The van der Waals surface area contributed by atoms with Gasteiger partial charge in [-0.3, -0.25) is 0 Å². The molecule has 1 saturated heterocycles. The highest BCUT2D eigenvalue weighted by atomic mass is 19.3. The van der Waals surface area contributed by atoms with Crippen molar-refractivity contribution in [2.45, 2.75) is 33.2 Å². The van der Waals surface area contributed by atoms with Gasteiger partial charge in [0.1, 0.15) is 0 Å². The van der Waals surface area contributed by atoms with Gasteiger partial charge in [-0.2, -0.15) is 5.10 Å². The number of rotatable bonds is 5. The van der Waals surface area contributed by atoms with Gasteiger partial charge in [-0.05, 0) is 44.0 Å². The lowest BCUT2D eigenvalue weighted by Gasteiger charge is -2.30. The molecule has 30 heavy (non-hydrogen) atoms. The Morgan fingerprint density at radius 3 is 2.47 bits per heavy atom. The van der Waals surface area contributed by atoms with E-state index in [2.05, 4.69) is 43.9 Å². The fourth-order valence-corrected chi connectivity index (χ4v) is 4.16. The Morgan fingerprint density at radius 1 is 1.00 bits per heavy atom. The molecule has 0 aliphatic carbocycles. The second kappa shape index (κ2) is 8.52. The summed E-state index contributed by atoms with van der Waals surface area (Å²) in [5, 5.41) is 17.5. The molecule has 1 aromatic heterocycles. The van der Waals surface area contributed by atoms with Crippen LogP contribution in [0, 0.1) is 13.8 Å². The summed E-state index contributed by atoms with van der Waals surface area (Å²) < 4.78 is 26.6. The Balaban J connectivity index is 1.70. The Hall–Kier alpha value is -2.80. The van der Waals surface area contributed by atoms with Gasteiger partial charge in [-0.1, -0.05) is 24.3 Å². The number of anilines is 2. The molecule has 2 heterocycles. The smallest absolute Gasteiger partial charge is 0.264 e. The Bertz CT molecular complexity index is 1050. The van der Waals surface area contributed by atoms with Crippen LogP contribution in [0.2, 0.25) is 0 Å². The van der Waals surface area contributed by atoms with Crippen LogP contribution in [0.15, 0.2) is 36.4 Å². The Labute approximate surface area is 175 Å². The van der Waals surface area contributed by atoms with Crippen LogP contribution in [0.1, 0.15) is 41.8 Å². The van der Waals surface area contributed by atoms with Gasteiger partial charge < -0.3 is 15.5 Å². The molecule has 0 saturated carbocycles. The van der Waals surface area contributed by atoms with E-state index >= 15 is 0 Å². The fraction of sp³-hybridized carbons (Fsp3) is 0.391. The molecule has 3 aromatic rings. The zero-order chi connectivity index (χ0) is 21.3. The summed E-state index contributed by atoms with van der Waals surface area (Å²) in [5.41, 5.74) is 3.54. The molecule has 5 nitrogen and oxygen atoms in total. The maximum Gasteiger partial charge on any atom is 0.264 e. The van der Waals surface area contributed by atoms with E-state index < -0.39 is 6.43 Å². The van der Waals surface area contributed by atoms with Crippen molar-refractivity contribution in [3.8, 4) is 0 Å². The molecular formula is C23H27F2N5. The first-order chi connectivity index (χ1) is 14.5. The highest BCUT2D eigenvalue weighted by molar-refractivity contribution is 5.95. The number of nitrogens with one attached hydrogen (secondary N) is 2. The monoisotopic (exact) mass is 411 g/mol. The maximum absolute atomic E-state index is 13.3. The van der Waals surface area contributed by atoms with Crippen LogP contribution in [0.3, 0.4) is 0 Å². The third-order valence-electron chi connectivity index (χ3n) is 5.90. The molecule has 0 radical (unpaired) electrons. The SMILES string of the molecule is Cc1c(C(F)F)cccc1C(C)Nc1nnc(C)c2ccc(N3CCNCC3)cc12. The van der Waals surface area contributed by atoms with Gasteiger partial charge in [0, 0.05) is 48.2 Å². The Morgan fingerprint density at radius 2 is 1.73 bits per heavy atom. The molecule has 0 spiro atoms. The van der Waals surface area contributed by atoms with Gasteiger partial charge in [0.25, 0.3) is 6.43 Å². The van der Waals surface area contributed by atoms with Crippen molar-refractivity contribution in [2.24, 2.45) is 0 Å². The van der Waals surface area contributed by atoms with E-state index in [4.69, 9.17) is 0 Å². The van der Waals surface area contributed by atoms with Crippen LogP contribution in [-0.2, 0) is 0 Å². The lowest BCUT2D eigenvalue weighted by atomic mass is 9.97.